The summed E-state index contributed by atoms with van der Waals surface area (Å²) in [6.45, 7) is 0. The van der Waals surface area contributed by atoms with E-state index >= 15 is 0 Å². The van der Waals surface area contributed by atoms with Crippen molar-refractivity contribution in [3.8, 4) is 0 Å². The Hall–Kier alpha value is -0.600. The maximum atomic E-state index is 13.2. The largest absolute Gasteiger partial charge is 0.316 e. The van der Waals surface area contributed by atoms with E-state index in [4.69, 9.17) is 11.6 Å². The minimum absolute atomic E-state index is 0.244. The monoisotopic (exact) mass is 293 g/mol. The Morgan fingerprint density at radius 1 is 1.30 bits per heavy atom. The normalized spacial score (nSPS) is 38.9. The van der Waals surface area contributed by atoms with Gasteiger partial charge in [-0.25, -0.2) is 4.39 Å². The molecular weight excluding hydrogens is 273 g/mol. The highest BCUT2D eigenvalue weighted by Gasteiger charge is 2.66. The summed E-state index contributed by atoms with van der Waals surface area (Å²) in [4.78, 5) is 0. The van der Waals surface area contributed by atoms with E-state index in [2.05, 4.69) is 12.4 Å². The highest BCUT2D eigenvalue weighted by atomic mass is 35.5. The van der Waals surface area contributed by atoms with Crippen LogP contribution in [0.2, 0.25) is 5.02 Å². The fraction of sp³-hybridized carbons (Fsp3) is 0.647. The molecule has 3 heteroatoms. The summed E-state index contributed by atoms with van der Waals surface area (Å²) in [6.07, 6.45) is 5.38. The van der Waals surface area contributed by atoms with Gasteiger partial charge >= 0.3 is 0 Å². The van der Waals surface area contributed by atoms with Gasteiger partial charge in [-0.05, 0) is 80.0 Å². The fourth-order valence-corrected chi connectivity index (χ4v) is 5.48. The number of likely N-dealkylation sites (N-methyl/N-ethyl adjacent to an activating group) is 1. The summed E-state index contributed by atoms with van der Waals surface area (Å²) in [6, 6.07) is 5.67. The molecule has 3 saturated carbocycles. The van der Waals surface area contributed by atoms with Crippen molar-refractivity contribution in [1.82, 2.24) is 5.32 Å². The van der Waals surface area contributed by atoms with Gasteiger partial charge in [0.25, 0.3) is 0 Å². The molecule has 20 heavy (non-hydrogen) atoms. The second-order valence-electron chi connectivity index (χ2n) is 6.91. The molecule has 0 spiro atoms. The lowest BCUT2D eigenvalue weighted by Crippen LogP contribution is -2.32. The van der Waals surface area contributed by atoms with Crippen LogP contribution in [0.1, 0.15) is 24.8 Å². The number of nitrogens with one attached hydrogen (secondary N) is 1. The zero-order valence-corrected chi connectivity index (χ0v) is 12.5. The molecule has 2 bridgehead atoms. The minimum atomic E-state index is -0.322. The smallest absolute Gasteiger partial charge is 0.141 e. The highest BCUT2D eigenvalue weighted by Crippen LogP contribution is 2.70. The molecule has 0 aromatic heterocycles. The molecule has 3 aliphatic carbocycles. The Morgan fingerprint density at radius 3 is 2.60 bits per heavy atom. The third-order valence-electron chi connectivity index (χ3n) is 6.07. The van der Waals surface area contributed by atoms with Gasteiger partial charge in [0.2, 0.25) is 0 Å². The number of hydrogen-bond donors (Lipinski definition) is 1. The Labute approximate surface area is 124 Å². The highest BCUT2D eigenvalue weighted by molar-refractivity contribution is 6.30. The van der Waals surface area contributed by atoms with E-state index in [9.17, 15) is 4.39 Å². The maximum Gasteiger partial charge on any atom is 0.141 e. The second kappa shape index (κ2) is 4.71. The van der Waals surface area contributed by atoms with Crippen LogP contribution in [0.15, 0.2) is 18.2 Å². The van der Waals surface area contributed by atoms with Gasteiger partial charge in [0.1, 0.15) is 5.82 Å². The number of hydrogen-bond acceptors (Lipinski definition) is 1. The molecule has 1 nitrogen and oxygen atoms in total. The fourth-order valence-electron chi connectivity index (χ4n) is 5.28. The van der Waals surface area contributed by atoms with E-state index in [0.717, 1.165) is 41.6 Å². The summed E-state index contributed by atoms with van der Waals surface area (Å²) >= 11 is 5.89. The first-order valence-electron chi connectivity index (χ1n) is 7.80. The van der Waals surface area contributed by atoms with Gasteiger partial charge in [0.05, 0.1) is 5.02 Å². The van der Waals surface area contributed by atoms with Crippen LogP contribution in [-0.2, 0) is 6.42 Å². The molecule has 0 heterocycles. The average molecular weight is 294 g/mol. The summed E-state index contributed by atoms with van der Waals surface area (Å²) in [5.41, 5.74) is 1.15. The molecule has 5 unspecified atom stereocenters. The number of halogens is 2. The molecule has 0 amide bonds. The third kappa shape index (κ3) is 1.92. The first kappa shape index (κ1) is 13.1. The van der Waals surface area contributed by atoms with E-state index < -0.39 is 0 Å². The molecule has 0 saturated heterocycles. The topological polar surface area (TPSA) is 12.0 Å². The quantitative estimate of drug-likeness (QED) is 0.888. The number of fused-ring (bicyclic) bond motifs is 5. The zero-order chi connectivity index (χ0) is 13.9. The van der Waals surface area contributed by atoms with Crippen LogP contribution in [0, 0.1) is 35.4 Å². The van der Waals surface area contributed by atoms with Crippen molar-refractivity contribution in [2.75, 3.05) is 7.05 Å². The van der Waals surface area contributed by atoms with Crippen LogP contribution < -0.4 is 5.32 Å². The SMILES string of the molecule is CNC(Cc1ccc(F)c(Cl)c1)C1C2C3CCC(C3)C21. The van der Waals surface area contributed by atoms with Crippen LogP contribution >= 0.6 is 11.6 Å². The van der Waals surface area contributed by atoms with Crippen LogP contribution in [0.25, 0.3) is 0 Å². The number of rotatable bonds is 4. The van der Waals surface area contributed by atoms with Crippen LogP contribution in [0.5, 0.6) is 0 Å². The Balaban J connectivity index is 1.48. The molecule has 1 aromatic rings. The van der Waals surface area contributed by atoms with E-state index in [1.54, 1.807) is 6.07 Å². The second-order valence-corrected chi connectivity index (χ2v) is 7.32. The predicted molar refractivity (Wildman–Crippen MR) is 79.3 cm³/mol. The van der Waals surface area contributed by atoms with E-state index in [0.29, 0.717) is 6.04 Å². The predicted octanol–water partition coefficient (Wildman–Crippen LogP) is 3.90. The van der Waals surface area contributed by atoms with E-state index in [-0.39, 0.29) is 10.8 Å². The molecule has 1 N–H and O–H groups in total. The Kier molecular flexibility index (Phi) is 3.08. The molecule has 108 valence electrons. The number of benzene rings is 1. The lowest BCUT2D eigenvalue weighted by molar-refractivity contribution is 0.376. The van der Waals surface area contributed by atoms with Gasteiger partial charge < -0.3 is 5.32 Å². The van der Waals surface area contributed by atoms with Crippen LogP contribution in [0.3, 0.4) is 0 Å². The van der Waals surface area contributed by atoms with Crippen LogP contribution in [-0.4, -0.2) is 13.1 Å². The Bertz CT molecular complexity index is 516. The summed E-state index contributed by atoms with van der Waals surface area (Å²) in [5.74, 6) is 4.47. The molecule has 4 rings (SSSR count). The summed E-state index contributed by atoms with van der Waals surface area (Å²) in [5, 5.41) is 3.75. The van der Waals surface area contributed by atoms with Crippen molar-refractivity contribution in [2.24, 2.45) is 29.6 Å². The summed E-state index contributed by atoms with van der Waals surface area (Å²) < 4.78 is 13.2. The van der Waals surface area contributed by atoms with Crippen molar-refractivity contribution in [2.45, 2.75) is 31.7 Å². The summed E-state index contributed by atoms with van der Waals surface area (Å²) in [7, 11) is 2.06. The molecule has 5 atom stereocenters. The van der Waals surface area contributed by atoms with Gasteiger partial charge in [-0.3, -0.25) is 0 Å². The van der Waals surface area contributed by atoms with Gasteiger partial charge in [0, 0.05) is 6.04 Å². The molecular formula is C17H21ClFN. The first-order chi connectivity index (χ1) is 9.69. The Morgan fingerprint density at radius 2 is 2.00 bits per heavy atom. The average Bonchev–Trinajstić information content (AvgIpc) is 2.87. The van der Waals surface area contributed by atoms with Gasteiger partial charge in [-0.2, -0.15) is 0 Å². The molecule has 0 radical (unpaired) electrons. The molecule has 3 fully saturated rings. The standard InChI is InChI=1S/C17H21ClFN/c1-20-14(7-9-2-5-13(19)12(18)6-9)17-15-10-3-4-11(8-10)16(15)17/h2,5-6,10-11,14-17,20H,3-4,7-8H2,1H3. The molecule has 3 aliphatic rings. The van der Waals surface area contributed by atoms with Crippen molar-refractivity contribution < 1.29 is 4.39 Å². The minimum Gasteiger partial charge on any atom is -0.316 e. The maximum absolute atomic E-state index is 13.2. The van der Waals surface area contributed by atoms with Gasteiger partial charge in [-0.1, -0.05) is 17.7 Å². The van der Waals surface area contributed by atoms with E-state index in [1.807, 2.05) is 6.07 Å². The lowest BCUT2D eigenvalue weighted by atomic mass is 9.93. The first-order valence-corrected chi connectivity index (χ1v) is 8.18. The van der Waals surface area contributed by atoms with Crippen molar-refractivity contribution >= 4 is 11.6 Å². The van der Waals surface area contributed by atoms with Crippen molar-refractivity contribution in [1.29, 1.82) is 0 Å². The lowest BCUT2D eigenvalue weighted by Gasteiger charge is -2.20. The van der Waals surface area contributed by atoms with Crippen molar-refractivity contribution in [3.05, 3.63) is 34.6 Å². The molecule has 1 aromatic carbocycles. The molecule has 0 aliphatic heterocycles. The van der Waals surface area contributed by atoms with E-state index in [1.165, 1.54) is 25.3 Å². The van der Waals surface area contributed by atoms with Crippen molar-refractivity contribution in [3.63, 3.8) is 0 Å². The third-order valence-corrected chi connectivity index (χ3v) is 6.36. The van der Waals surface area contributed by atoms with Gasteiger partial charge in [0.15, 0.2) is 0 Å². The van der Waals surface area contributed by atoms with Gasteiger partial charge in [-0.15, -0.1) is 0 Å². The zero-order valence-electron chi connectivity index (χ0n) is 11.8. The van der Waals surface area contributed by atoms with Crippen LogP contribution in [0.4, 0.5) is 4.39 Å².